The molecule has 4 heteroatoms. The van der Waals surface area contributed by atoms with Crippen molar-refractivity contribution in [3.63, 3.8) is 0 Å². The zero-order chi connectivity index (χ0) is 15.5. The van der Waals surface area contributed by atoms with Crippen molar-refractivity contribution in [3.05, 3.63) is 40.0 Å². The quantitative estimate of drug-likeness (QED) is 0.668. The van der Waals surface area contributed by atoms with Crippen molar-refractivity contribution in [2.75, 3.05) is 6.54 Å². The third-order valence-corrected chi connectivity index (χ3v) is 5.77. The van der Waals surface area contributed by atoms with Gasteiger partial charge in [-0.05, 0) is 75.8 Å². The van der Waals surface area contributed by atoms with Crippen molar-refractivity contribution in [1.82, 2.24) is 4.72 Å². The Hall–Kier alpha value is -1.13. The Labute approximate surface area is 123 Å². The van der Waals surface area contributed by atoms with Gasteiger partial charge < -0.3 is 0 Å². The third kappa shape index (κ3) is 3.30. The fourth-order valence-electron chi connectivity index (χ4n) is 2.38. The lowest BCUT2D eigenvalue weighted by Gasteiger charge is -2.18. The van der Waals surface area contributed by atoms with Crippen molar-refractivity contribution in [2.24, 2.45) is 0 Å². The molecule has 0 spiro atoms. The molecular formula is C16H25NO2S. The first-order chi connectivity index (χ1) is 9.24. The van der Waals surface area contributed by atoms with Crippen LogP contribution in [0.1, 0.15) is 41.2 Å². The van der Waals surface area contributed by atoms with Crippen LogP contribution in [-0.2, 0) is 10.0 Å². The number of hydrogen-bond donors (Lipinski definition) is 1. The highest BCUT2D eigenvalue weighted by molar-refractivity contribution is 7.89. The summed E-state index contributed by atoms with van der Waals surface area (Å²) in [6.07, 6.45) is 4.58. The minimum absolute atomic E-state index is 0.428. The molecule has 3 nitrogen and oxygen atoms in total. The molecule has 0 aromatic heterocycles. The molecule has 1 aromatic carbocycles. The van der Waals surface area contributed by atoms with E-state index in [2.05, 4.69) is 4.72 Å². The number of hydrogen-bond acceptors (Lipinski definition) is 2. The van der Waals surface area contributed by atoms with E-state index < -0.39 is 10.0 Å². The van der Waals surface area contributed by atoms with Gasteiger partial charge in [0.2, 0.25) is 10.0 Å². The van der Waals surface area contributed by atoms with E-state index in [4.69, 9.17) is 0 Å². The molecule has 1 rings (SSSR count). The maximum atomic E-state index is 12.5. The van der Waals surface area contributed by atoms with Gasteiger partial charge in [0.25, 0.3) is 0 Å². The fraction of sp³-hybridized carbons (Fsp3) is 0.500. The third-order valence-electron chi connectivity index (χ3n) is 4.04. The van der Waals surface area contributed by atoms with Crippen LogP contribution in [0.3, 0.4) is 0 Å². The van der Waals surface area contributed by atoms with Gasteiger partial charge in [-0.1, -0.05) is 12.2 Å². The van der Waals surface area contributed by atoms with Crippen LogP contribution in [0.4, 0.5) is 0 Å². The van der Waals surface area contributed by atoms with E-state index in [-0.39, 0.29) is 0 Å². The summed E-state index contributed by atoms with van der Waals surface area (Å²) >= 11 is 0. The predicted octanol–water partition coefficient (Wildman–Crippen LogP) is 3.47. The normalized spacial score (nSPS) is 12.3. The Kier molecular flexibility index (Phi) is 5.54. The van der Waals surface area contributed by atoms with E-state index >= 15 is 0 Å². The van der Waals surface area contributed by atoms with Crippen LogP contribution in [0.15, 0.2) is 17.0 Å². The molecule has 0 aliphatic carbocycles. The van der Waals surface area contributed by atoms with Crippen LogP contribution in [0, 0.1) is 34.6 Å². The lowest BCUT2D eigenvalue weighted by Crippen LogP contribution is -2.26. The number of nitrogens with one attached hydrogen (secondary N) is 1. The van der Waals surface area contributed by atoms with Gasteiger partial charge in [0.1, 0.15) is 0 Å². The predicted molar refractivity (Wildman–Crippen MR) is 84.7 cm³/mol. The summed E-state index contributed by atoms with van der Waals surface area (Å²) in [7, 11) is -3.45. The van der Waals surface area contributed by atoms with Crippen LogP contribution < -0.4 is 4.72 Å². The summed E-state index contributed by atoms with van der Waals surface area (Å²) in [6.45, 7) is 12.1. The SMILES string of the molecule is C/C=C/CCNS(=O)(=O)c1c(C)c(C)c(C)c(C)c1C. The molecule has 0 saturated heterocycles. The molecule has 0 fully saturated rings. The zero-order valence-electron chi connectivity index (χ0n) is 13.3. The average molecular weight is 295 g/mol. The van der Waals surface area contributed by atoms with E-state index in [0.717, 1.165) is 22.3 Å². The summed E-state index contributed by atoms with van der Waals surface area (Å²) in [4.78, 5) is 0.443. The highest BCUT2D eigenvalue weighted by Crippen LogP contribution is 2.29. The molecule has 0 heterocycles. The maximum Gasteiger partial charge on any atom is 0.241 e. The second-order valence-corrected chi connectivity index (χ2v) is 6.91. The minimum Gasteiger partial charge on any atom is -0.211 e. The van der Waals surface area contributed by atoms with Gasteiger partial charge >= 0.3 is 0 Å². The smallest absolute Gasteiger partial charge is 0.211 e. The van der Waals surface area contributed by atoms with Crippen LogP contribution in [-0.4, -0.2) is 15.0 Å². The molecule has 112 valence electrons. The van der Waals surface area contributed by atoms with Gasteiger partial charge in [0.05, 0.1) is 4.90 Å². The summed E-state index contributed by atoms with van der Waals surface area (Å²) in [5.74, 6) is 0. The first-order valence-electron chi connectivity index (χ1n) is 6.91. The molecule has 0 saturated carbocycles. The van der Waals surface area contributed by atoms with Crippen molar-refractivity contribution in [2.45, 2.75) is 52.9 Å². The molecule has 1 aromatic rings. The van der Waals surface area contributed by atoms with Gasteiger partial charge in [0, 0.05) is 6.54 Å². The van der Waals surface area contributed by atoms with E-state index in [1.165, 1.54) is 5.56 Å². The second kappa shape index (κ2) is 6.55. The van der Waals surface area contributed by atoms with Gasteiger partial charge in [-0.15, -0.1) is 0 Å². The highest BCUT2D eigenvalue weighted by Gasteiger charge is 2.22. The topological polar surface area (TPSA) is 46.2 Å². The van der Waals surface area contributed by atoms with Crippen molar-refractivity contribution in [3.8, 4) is 0 Å². The van der Waals surface area contributed by atoms with E-state index in [0.29, 0.717) is 17.9 Å². The minimum atomic E-state index is -3.45. The van der Waals surface area contributed by atoms with E-state index in [1.807, 2.05) is 53.7 Å². The van der Waals surface area contributed by atoms with Gasteiger partial charge in [0.15, 0.2) is 0 Å². The van der Waals surface area contributed by atoms with Gasteiger partial charge in [-0.2, -0.15) is 0 Å². The van der Waals surface area contributed by atoms with Crippen LogP contribution >= 0.6 is 0 Å². The van der Waals surface area contributed by atoms with Crippen molar-refractivity contribution in [1.29, 1.82) is 0 Å². The number of allylic oxidation sites excluding steroid dienone is 1. The first kappa shape index (κ1) is 16.9. The lowest BCUT2D eigenvalue weighted by molar-refractivity contribution is 0.580. The molecule has 0 amide bonds. The first-order valence-corrected chi connectivity index (χ1v) is 8.40. The molecule has 0 aliphatic heterocycles. The van der Waals surface area contributed by atoms with E-state index in [9.17, 15) is 8.42 Å². The molecule has 0 radical (unpaired) electrons. The average Bonchev–Trinajstić information content (AvgIpc) is 2.39. The zero-order valence-corrected chi connectivity index (χ0v) is 14.1. The molecule has 0 bridgehead atoms. The van der Waals surface area contributed by atoms with Crippen LogP contribution in [0.5, 0.6) is 0 Å². The molecule has 0 aliphatic rings. The van der Waals surface area contributed by atoms with Crippen LogP contribution in [0.2, 0.25) is 0 Å². The monoisotopic (exact) mass is 295 g/mol. The van der Waals surface area contributed by atoms with Gasteiger partial charge in [-0.25, -0.2) is 13.1 Å². The van der Waals surface area contributed by atoms with Crippen molar-refractivity contribution < 1.29 is 8.42 Å². The highest BCUT2D eigenvalue weighted by atomic mass is 32.2. The number of sulfonamides is 1. The summed E-state index contributed by atoms with van der Waals surface area (Å²) in [6, 6.07) is 0. The summed E-state index contributed by atoms with van der Waals surface area (Å²) in [5.41, 5.74) is 4.99. The largest absolute Gasteiger partial charge is 0.241 e. The molecule has 0 atom stereocenters. The lowest BCUT2D eigenvalue weighted by atomic mass is 9.95. The second-order valence-electron chi connectivity index (χ2n) is 5.21. The van der Waals surface area contributed by atoms with Crippen LogP contribution in [0.25, 0.3) is 0 Å². The maximum absolute atomic E-state index is 12.5. The summed E-state index contributed by atoms with van der Waals surface area (Å²) in [5, 5.41) is 0. The van der Waals surface area contributed by atoms with E-state index in [1.54, 1.807) is 0 Å². The molecule has 20 heavy (non-hydrogen) atoms. The Morgan fingerprint density at radius 1 is 0.900 bits per heavy atom. The number of rotatable bonds is 5. The number of benzene rings is 1. The Morgan fingerprint density at radius 3 is 1.80 bits per heavy atom. The Bertz CT molecular complexity index is 599. The Balaban J connectivity index is 3.25. The molecule has 1 N–H and O–H groups in total. The van der Waals surface area contributed by atoms with Crippen molar-refractivity contribution >= 4 is 10.0 Å². The van der Waals surface area contributed by atoms with Gasteiger partial charge in [-0.3, -0.25) is 0 Å². The summed E-state index contributed by atoms with van der Waals surface area (Å²) < 4.78 is 27.7. The Morgan fingerprint density at radius 2 is 1.35 bits per heavy atom. The standard InChI is InChI=1S/C16H25NO2S/c1-7-8-9-10-17-20(18,19)16-14(5)12(3)11(2)13(4)15(16)6/h7-8,17H,9-10H2,1-6H3/b8-7+. The fourth-order valence-corrected chi connectivity index (χ4v) is 4.03. The molecular weight excluding hydrogens is 270 g/mol. The molecule has 0 unspecified atom stereocenters.